The lowest BCUT2D eigenvalue weighted by molar-refractivity contribution is -0.141. The molecule has 0 radical (unpaired) electrons. The number of aliphatic hydroxyl groups is 1. The molecule has 2 atom stereocenters. The summed E-state index contributed by atoms with van der Waals surface area (Å²) in [5.41, 5.74) is 4.62. The first-order chi connectivity index (χ1) is 7.79. The molecule has 1 amide bonds. The summed E-state index contributed by atoms with van der Waals surface area (Å²) < 4.78 is 0. The summed E-state index contributed by atoms with van der Waals surface area (Å²) in [6.07, 6.45) is 0. The van der Waals surface area contributed by atoms with Crippen LogP contribution in [0.4, 0.5) is 0 Å². The minimum absolute atomic E-state index is 0.157. The smallest absolute Gasteiger partial charge is 0.244 e. The lowest BCUT2D eigenvalue weighted by atomic mass is 10.0. The lowest BCUT2D eigenvalue weighted by Crippen LogP contribution is -2.62. The summed E-state index contributed by atoms with van der Waals surface area (Å²) in [5.74, 6) is -0.157. The van der Waals surface area contributed by atoms with Crippen LogP contribution in [0.5, 0.6) is 0 Å². The molecule has 3 N–H and O–H groups in total. The maximum atomic E-state index is 12.1. The Labute approximate surface area is 104 Å². The van der Waals surface area contributed by atoms with E-state index in [0.29, 0.717) is 25.2 Å². The van der Waals surface area contributed by atoms with Crippen molar-refractivity contribution in [3.8, 4) is 0 Å². The molecule has 0 aromatic carbocycles. The molecule has 0 bridgehead atoms. The number of hydrogen-bond acceptors (Lipinski definition) is 4. The summed E-state index contributed by atoms with van der Waals surface area (Å²) in [5, 5.41) is 9.12. The first kappa shape index (κ1) is 14.4. The van der Waals surface area contributed by atoms with Gasteiger partial charge in [0.15, 0.2) is 0 Å². The minimum atomic E-state index is -1.15. The van der Waals surface area contributed by atoms with Crippen molar-refractivity contribution in [1.82, 2.24) is 9.80 Å². The molecule has 1 saturated heterocycles. The van der Waals surface area contributed by atoms with E-state index in [2.05, 4.69) is 25.7 Å². The standard InChI is InChI=1S/C12H25N3O2/c1-9(2)15-6-5-14(7-10(15)3)11(17)12(4,13)8-16/h9-10,16H,5-8,13H2,1-4H3/t10-,12?/m1/s1. The van der Waals surface area contributed by atoms with Gasteiger partial charge in [-0.3, -0.25) is 9.69 Å². The first-order valence-electron chi connectivity index (χ1n) is 6.24. The van der Waals surface area contributed by atoms with Gasteiger partial charge in [-0.2, -0.15) is 0 Å². The van der Waals surface area contributed by atoms with E-state index in [0.717, 1.165) is 6.54 Å². The number of hydrogen-bond donors (Lipinski definition) is 2. The van der Waals surface area contributed by atoms with Gasteiger partial charge >= 0.3 is 0 Å². The van der Waals surface area contributed by atoms with Crippen LogP contribution < -0.4 is 5.73 Å². The van der Waals surface area contributed by atoms with Gasteiger partial charge in [-0.25, -0.2) is 0 Å². The fourth-order valence-electron chi connectivity index (χ4n) is 2.35. The molecule has 1 aliphatic heterocycles. The molecule has 0 spiro atoms. The average molecular weight is 243 g/mol. The van der Waals surface area contributed by atoms with Gasteiger partial charge in [0.2, 0.25) is 5.91 Å². The number of piperazine rings is 1. The highest BCUT2D eigenvalue weighted by Gasteiger charge is 2.35. The molecule has 1 unspecified atom stereocenters. The van der Waals surface area contributed by atoms with Gasteiger partial charge in [-0.05, 0) is 27.7 Å². The third-order valence-electron chi connectivity index (χ3n) is 3.45. The van der Waals surface area contributed by atoms with Gasteiger partial charge in [-0.1, -0.05) is 0 Å². The first-order valence-corrected chi connectivity index (χ1v) is 6.24. The maximum Gasteiger partial charge on any atom is 0.244 e. The molecule has 1 rings (SSSR count). The topological polar surface area (TPSA) is 69.8 Å². The summed E-state index contributed by atoms with van der Waals surface area (Å²) in [6.45, 7) is 9.94. The van der Waals surface area contributed by atoms with Crippen LogP contribution in [-0.4, -0.2) is 64.7 Å². The zero-order chi connectivity index (χ0) is 13.2. The molecule has 1 aliphatic rings. The van der Waals surface area contributed by atoms with E-state index in [1.165, 1.54) is 0 Å². The van der Waals surface area contributed by atoms with E-state index >= 15 is 0 Å². The van der Waals surface area contributed by atoms with E-state index in [4.69, 9.17) is 10.8 Å². The molecule has 0 aromatic heterocycles. The predicted octanol–water partition coefficient (Wildman–Crippen LogP) is -0.363. The van der Waals surface area contributed by atoms with Gasteiger partial charge < -0.3 is 15.7 Å². The van der Waals surface area contributed by atoms with Gasteiger partial charge in [0.25, 0.3) is 0 Å². The normalized spacial score (nSPS) is 26.1. The monoisotopic (exact) mass is 243 g/mol. The Morgan fingerprint density at radius 2 is 2.12 bits per heavy atom. The van der Waals surface area contributed by atoms with Crippen molar-refractivity contribution in [2.75, 3.05) is 26.2 Å². The van der Waals surface area contributed by atoms with E-state index < -0.39 is 5.54 Å². The van der Waals surface area contributed by atoms with Gasteiger partial charge in [-0.15, -0.1) is 0 Å². The van der Waals surface area contributed by atoms with Gasteiger partial charge in [0.1, 0.15) is 5.54 Å². The van der Waals surface area contributed by atoms with Crippen molar-refractivity contribution >= 4 is 5.91 Å². The van der Waals surface area contributed by atoms with Crippen molar-refractivity contribution in [3.05, 3.63) is 0 Å². The van der Waals surface area contributed by atoms with Crippen LogP contribution in [0.3, 0.4) is 0 Å². The molecule has 17 heavy (non-hydrogen) atoms. The molecule has 100 valence electrons. The zero-order valence-electron chi connectivity index (χ0n) is 11.3. The van der Waals surface area contributed by atoms with Crippen LogP contribution in [0, 0.1) is 0 Å². The third kappa shape index (κ3) is 3.18. The van der Waals surface area contributed by atoms with Crippen LogP contribution in [0.2, 0.25) is 0 Å². The van der Waals surface area contributed by atoms with Crippen molar-refractivity contribution < 1.29 is 9.90 Å². The second-order valence-electron chi connectivity index (χ2n) is 5.51. The maximum absolute atomic E-state index is 12.1. The SMILES string of the molecule is CC(C)N1CCN(C(=O)C(C)(N)CO)C[C@H]1C. The molecular weight excluding hydrogens is 218 g/mol. The minimum Gasteiger partial charge on any atom is -0.394 e. The number of carbonyl (C=O) groups is 1. The van der Waals surface area contributed by atoms with E-state index in [1.807, 2.05) is 0 Å². The van der Waals surface area contributed by atoms with Crippen LogP contribution in [-0.2, 0) is 4.79 Å². The molecule has 1 heterocycles. The Hall–Kier alpha value is -0.650. The average Bonchev–Trinajstić information content (AvgIpc) is 2.27. The summed E-state index contributed by atoms with van der Waals surface area (Å²) in [7, 11) is 0. The second kappa shape index (κ2) is 5.33. The summed E-state index contributed by atoms with van der Waals surface area (Å²) >= 11 is 0. The molecule has 0 saturated carbocycles. The lowest BCUT2D eigenvalue weighted by Gasteiger charge is -2.43. The Bertz CT molecular complexity index is 279. The Kier molecular flexibility index (Phi) is 4.52. The Balaban J connectivity index is 2.64. The van der Waals surface area contributed by atoms with Crippen molar-refractivity contribution in [2.24, 2.45) is 5.73 Å². The quantitative estimate of drug-likeness (QED) is 0.710. The fraction of sp³-hybridized carbons (Fsp3) is 0.917. The Morgan fingerprint density at radius 1 is 1.53 bits per heavy atom. The Morgan fingerprint density at radius 3 is 2.53 bits per heavy atom. The predicted molar refractivity (Wildman–Crippen MR) is 67.6 cm³/mol. The van der Waals surface area contributed by atoms with Crippen molar-refractivity contribution in [1.29, 1.82) is 0 Å². The largest absolute Gasteiger partial charge is 0.394 e. The highest BCUT2D eigenvalue weighted by atomic mass is 16.3. The van der Waals surface area contributed by atoms with Crippen molar-refractivity contribution in [2.45, 2.75) is 45.3 Å². The van der Waals surface area contributed by atoms with E-state index in [-0.39, 0.29) is 12.5 Å². The van der Waals surface area contributed by atoms with Crippen LogP contribution >= 0.6 is 0 Å². The number of carbonyl (C=O) groups excluding carboxylic acids is 1. The van der Waals surface area contributed by atoms with Crippen LogP contribution in [0.25, 0.3) is 0 Å². The summed E-state index contributed by atoms with van der Waals surface area (Å²) in [6, 6.07) is 0.826. The van der Waals surface area contributed by atoms with Gasteiger partial charge in [0.05, 0.1) is 6.61 Å². The molecular formula is C12H25N3O2. The molecule has 5 heteroatoms. The molecule has 0 aromatic rings. The van der Waals surface area contributed by atoms with Crippen molar-refractivity contribution in [3.63, 3.8) is 0 Å². The van der Waals surface area contributed by atoms with Crippen LogP contribution in [0.1, 0.15) is 27.7 Å². The number of rotatable bonds is 3. The summed E-state index contributed by atoms with van der Waals surface area (Å²) in [4.78, 5) is 16.2. The zero-order valence-corrected chi connectivity index (χ0v) is 11.3. The molecule has 0 aliphatic carbocycles. The fourth-order valence-corrected chi connectivity index (χ4v) is 2.35. The number of amides is 1. The highest BCUT2D eigenvalue weighted by Crippen LogP contribution is 2.15. The van der Waals surface area contributed by atoms with E-state index in [1.54, 1.807) is 11.8 Å². The second-order valence-corrected chi connectivity index (χ2v) is 5.51. The van der Waals surface area contributed by atoms with Gasteiger partial charge in [0, 0.05) is 31.7 Å². The van der Waals surface area contributed by atoms with E-state index in [9.17, 15) is 4.79 Å². The van der Waals surface area contributed by atoms with Crippen LogP contribution in [0.15, 0.2) is 0 Å². The number of nitrogens with zero attached hydrogens (tertiary/aromatic N) is 2. The third-order valence-corrected chi connectivity index (χ3v) is 3.45. The molecule has 5 nitrogen and oxygen atoms in total. The number of aliphatic hydroxyl groups excluding tert-OH is 1. The number of nitrogens with two attached hydrogens (primary N) is 1. The molecule has 1 fully saturated rings. The highest BCUT2D eigenvalue weighted by molar-refractivity contribution is 5.86.